The third-order valence-electron chi connectivity index (χ3n) is 5.08. The Labute approximate surface area is 145 Å². The summed E-state index contributed by atoms with van der Waals surface area (Å²) in [7, 11) is 0. The molecule has 2 unspecified atom stereocenters. The van der Waals surface area contributed by atoms with Gasteiger partial charge in [-0.25, -0.2) is 0 Å². The molecule has 2 atom stereocenters. The van der Waals surface area contributed by atoms with E-state index >= 15 is 0 Å². The molecule has 1 saturated heterocycles. The first-order chi connectivity index (χ1) is 11.5. The smallest absolute Gasteiger partial charge is 0.245 e. The van der Waals surface area contributed by atoms with Gasteiger partial charge in [-0.2, -0.15) is 0 Å². The van der Waals surface area contributed by atoms with E-state index in [0.29, 0.717) is 43.7 Å². The number of likely N-dealkylation sites (tertiary alicyclic amines) is 1. The van der Waals surface area contributed by atoms with Crippen LogP contribution in [-0.4, -0.2) is 47.6 Å². The number of amides is 2. The number of nitrogens with zero attached hydrogens (tertiary/aromatic N) is 1. The van der Waals surface area contributed by atoms with Gasteiger partial charge in [0.1, 0.15) is 6.04 Å². The van der Waals surface area contributed by atoms with Crippen molar-refractivity contribution in [3.63, 3.8) is 0 Å². The molecule has 0 aromatic rings. The Morgan fingerprint density at radius 3 is 2.50 bits per heavy atom. The Balaban J connectivity index is 1.90. The quantitative estimate of drug-likeness (QED) is 0.700. The topological polar surface area (TPSA) is 69.6 Å². The van der Waals surface area contributed by atoms with Crippen LogP contribution >= 0.6 is 0 Å². The second-order valence-electron chi connectivity index (χ2n) is 7.67. The van der Waals surface area contributed by atoms with E-state index in [1.54, 1.807) is 0 Å². The molecule has 24 heavy (non-hydrogen) atoms. The molecule has 1 fully saturated rings. The number of nitrogens with one attached hydrogen (secondary N) is 1. The number of piperidine rings is 1. The van der Waals surface area contributed by atoms with Crippen LogP contribution in [0.15, 0.2) is 12.2 Å². The standard InChI is InChI=1S/C19H32N2O3/c1-14(2)11-17(20-18(23)12-15-5-3-4-6-15)19(24)21-9-7-16(13-22)8-10-21/h3,5,14-17,22H,4,6-13H2,1-2H3,(H,20,23). The zero-order chi connectivity index (χ0) is 17.5. The van der Waals surface area contributed by atoms with Gasteiger partial charge in [0.2, 0.25) is 11.8 Å². The van der Waals surface area contributed by atoms with E-state index in [1.807, 2.05) is 4.90 Å². The summed E-state index contributed by atoms with van der Waals surface area (Å²) in [5.74, 6) is 0.994. The van der Waals surface area contributed by atoms with E-state index in [1.165, 1.54) is 0 Å². The molecular weight excluding hydrogens is 304 g/mol. The second-order valence-corrected chi connectivity index (χ2v) is 7.67. The second kappa shape index (κ2) is 9.21. The highest BCUT2D eigenvalue weighted by molar-refractivity contribution is 5.87. The van der Waals surface area contributed by atoms with E-state index < -0.39 is 6.04 Å². The van der Waals surface area contributed by atoms with Crippen LogP contribution in [0, 0.1) is 17.8 Å². The zero-order valence-corrected chi connectivity index (χ0v) is 15.0. The molecule has 0 aromatic carbocycles. The summed E-state index contributed by atoms with van der Waals surface area (Å²) in [6.45, 7) is 5.71. The van der Waals surface area contributed by atoms with Crippen molar-refractivity contribution in [3.8, 4) is 0 Å². The van der Waals surface area contributed by atoms with Crippen molar-refractivity contribution < 1.29 is 14.7 Å². The fraction of sp³-hybridized carbons (Fsp3) is 0.789. The first-order valence-corrected chi connectivity index (χ1v) is 9.35. The zero-order valence-electron chi connectivity index (χ0n) is 15.0. The van der Waals surface area contributed by atoms with Crippen LogP contribution in [0.2, 0.25) is 0 Å². The molecule has 0 saturated carbocycles. The summed E-state index contributed by atoms with van der Waals surface area (Å²) in [4.78, 5) is 27.0. The summed E-state index contributed by atoms with van der Waals surface area (Å²) < 4.78 is 0. The van der Waals surface area contributed by atoms with Gasteiger partial charge in [0, 0.05) is 26.1 Å². The molecule has 1 aliphatic heterocycles. The minimum absolute atomic E-state index is 0.0178. The summed E-state index contributed by atoms with van der Waals surface area (Å²) in [6.07, 6.45) is 9.15. The highest BCUT2D eigenvalue weighted by atomic mass is 16.3. The summed E-state index contributed by atoms with van der Waals surface area (Å²) in [5, 5.41) is 12.2. The first-order valence-electron chi connectivity index (χ1n) is 9.35. The Bertz CT molecular complexity index is 454. The Hall–Kier alpha value is -1.36. The van der Waals surface area contributed by atoms with Gasteiger partial charge in [0.15, 0.2) is 0 Å². The van der Waals surface area contributed by atoms with Crippen molar-refractivity contribution >= 4 is 11.8 Å². The molecule has 0 bridgehead atoms. The highest BCUT2D eigenvalue weighted by Crippen LogP contribution is 2.21. The number of carbonyl (C=O) groups is 2. The van der Waals surface area contributed by atoms with Gasteiger partial charge in [-0.05, 0) is 49.9 Å². The summed E-state index contributed by atoms with van der Waals surface area (Å²) in [5.41, 5.74) is 0. The lowest BCUT2D eigenvalue weighted by molar-refractivity contribution is -0.138. The fourth-order valence-corrected chi connectivity index (χ4v) is 3.61. The predicted octanol–water partition coefficient (Wildman–Crippen LogP) is 2.10. The van der Waals surface area contributed by atoms with E-state index in [2.05, 4.69) is 31.3 Å². The number of allylic oxidation sites excluding steroid dienone is 2. The van der Waals surface area contributed by atoms with Crippen molar-refractivity contribution in [2.45, 2.75) is 58.4 Å². The van der Waals surface area contributed by atoms with Crippen LogP contribution in [0.1, 0.15) is 52.4 Å². The third kappa shape index (κ3) is 5.62. The SMILES string of the molecule is CC(C)CC(NC(=O)CC1C=CCC1)C(=O)N1CCC(CO)CC1. The average Bonchev–Trinajstić information content (AvgIpc) is 3.06. The highest BCUT2D eigenvalue weighted by Gasteiger charge is 2.30. The minimum atomic E-state index is -0.423. The normalized spacial score (nSPS) is 22.8. The molecule has 2 rings (SSSR count). The van der Waals surface area contributed by atoms with Gasteiger partial charge in [-0.1, -0.05) is 26.0 Å². The van der Waals surface area contributed by atoms with E-state index in [9.17, 15) is 14.7 Å². The maximum Gasteiger partial charge on any atom is 0.245 e. The molecule has 2 amide bonds. The lowest BCUT2D eigenvalue weighted by Crippen LogP contribution is -2.51. The number of aliphatic hydroxyl groups excluding tert-OH is 1. The molecule has 0 spiro atoms. The first kappa shape index (κ1) is 19.0. The van der Waals surface area contributed by atoms with Crippen molar-refractivity contribution in [2.75, 3.05) is 19.7 Å². The van der Waals surface area contributed by atoms with Crippen LogP contribution in [0.25, 0.3) is 0 Å². The number of hydrogen-bond acceptors (Lipinski definition) is 3. The van der Waals surface area contributed by atoms with Crippen LogP contribution in [-0.2, 0) is 9.59 Å². The fourth-order valence-electron chi connectivity index (χ4n) is 3.61. The largest absolute Gasteiger partial charge is 0.396 e. The van der Waals surface area contributed by atoms with Crippen molar-refractivity contribution in [2.24, 2.45) is 17.8 Å². The maximum absolute atomic E-state index is 12.8. The Morgan fingerprint density at radius 2 is 1.96 bits per heavy atom. The van der Waals surface area contributed by atoms with Crippen LogP contribution < -0.4 is 5.32 Å². The maximum atomic E-state index is 12.8. The number of rotatable bonds is 7. The molecule has 1 heterocycles. The Kier molecular flexibility index (Phi) is 7.28. The number of hydrogen-bond donors (Lipinski definition) is 2. The van der Waals surface area contributed by atoms with Crippen LogP contribution in [0.5, 0.6) is 0 Å². The molecule has 1 aliphatic carbocycles. The average molecular weight is 336 g/mol. The van der Waals surface area contributed by atoms with Gasteiger partial charge >= 0.3 is 0 Å². The molecule has 0 radical (unpaired) electrons. The van der Waals surface area contributed by atoms with Gasteiger partial charge in [0.25, 0.3) is 0 Å². The molecule has 5 heteroatoms. The Morgan fingerprint density at radius 1 is 1.25 bits per heavy atom. The van der Waals surface area contributed by atoms with Crippen molar-refractivity contribution in [1.82, 2.24) is 10.2 Å². The lowest BCUT2D eigenvalue weighted by Gasteiger charge is -2.34. The number of aliphatic hydroxyl groups is 1. The molecule has 2 aliphatic rings. The van der Waals surface area contributed by atoms with Gasteiger partial charge in [-0.3, -0.25) is 9.59 Å². The van der Waals surface area contributed by atoms with Gasteiger partial charge in [0.05, 0.1) is 0 Å². The summed E-state index contributed by atoms with van der Waals surface area (Å²) in [6, 6.07) is -0.423. The van der Waals surface area contributed by atoms with Crippen LogP contribution in [0.4, 0.5) is 0 Å². The van der Waals surface area contributed by atoms with E-state index in [4.69, 9.17) is 0 Å². The van der Waals surface area contributed by atoms with E-state index in [0.717, 1.165) is 25.7 Å². The van der Waals surface area contributed by atoms with Gasteiger partial charge < -0.3 is 15.3 Å². The minimum Gasteiger partial charge on any atom is -0.396 e. The molecule has 0 aromatic heterocycles. The summed E-state index contributed by atoms with van der Waals surface area (Å²) >= 11 is 0. The van der Waals surface area contributed by atoms with Crippen molar-refractivity contribution in [1.29, 1.82) is 0 Å². The lowest BCUT2D eigenvalue weighted by atomic mass is 9.96. The molecule has 136 valence electrons. The van der Waals surface area contributed by atoms with Gasteiger partial charge in [-0.15, -0.1) is 0 Å². The predicted molar refractivity (Wildman–Crippen MR) is 94.3 cm³/mol. The molecular formula is C19H32N2O3. The molecule has 2 N–H and O–H groups in total. The number of carbonyl (C=O) groups excluding carboxylic acids is 2. The van der Waals surface area contributed by atoms with Crippen molar-refractivity contribution in [3.05, 3.63) is 12.2 Å². The van der Waals surface area contributed by atoms with E-state index in [-0.39, 0.29) is 18.4 Å². The third-order valence-corrected chi connectivity index (χ3v) is 5.08. The monoisotopic (exact) mass is 336 g/mol. The van der Waals surface area contributed by atoms with Crippen LogP contribution in [0.3, 0.4) is 0 Å². The molecule has 5 nitrogen and oxygen atoms in total.